The minimum atomic E-state index is -3.70. The van der Waals surface area contributed by atoms with Crippen LogP contribution in [0, 0.1) is 0 Å². The molecule has 7 nitrogen and oxygen atoms in total. The van der Waals surface area contributed by atoms with E-state index in [1.165, 1.54) is 29.5 Å². The molecule has 2 aromatic heterocycles. The van der Waals surface area contributed by atoms with Gasteiger partial charge in [0.1, 0.15) is 4.90 Å². The summed E-state index contributed by atoms with van der Waals surface area (Å²) in [5.41, 5.74) is -0.394. The van der Waals surface area contributed by atoms with Crippen molar-refractivity contribution in [2.75, 3.05) is 11.8 Å². The van der Waals surface area contributed by atoms with Crippen molar-refractivity contribution in [1.29, 1.82) is 0 Å². The smallest absolute Gasteiger partial charge is 0.264 e. The summed E-state index contributed by atoms with van der Waals surface area (Å²) < 4.78 is 26.7. The van der Waals surface area contributed by atoms with E-state index in [9.17, 15) is 13.2 Å². The van der Waals surface area contributed by atoms with Gasteiger partial charge in [0.15, 0.2) is 5.82 Å². The van der Waals surface area contributed by atoms with E-state index in [4.69, 9.17) is 0 Å². The SMILES string of the molecule is CNCc1sccc1S(=O)(=O)Nc1ccc(=O)[nH]n1. The van der Waals surface area contributed by atoms with Crippen LogP contribution in [0.25, 0.3) is 0 Å². The van der Waals surface area contributed by atoms with Gasteiger partial charge in [-0.1, -0.05) is 0 Å². The van der Waals surface area contributed by atoms with Gasteiger partial charge in [0, 0.05) is 17.5 Å². The van der Waals surface area contributed by atoms with Gasteiger partial charge in [-0.05, 0) is 24.6 Å². The van der Waals surface area contributed by atoms with Gasteiger partial charge in [0.2, 0.25) is 0 Å². The van der Waals surface area contributed by atoms with Crippen molar-refractivity contribution in [2.24, 2.45) is 0 Å². The molecule has 0 aliphatic carbocycles. The minimum absolute atomic E-state index is 0.0706. The van der Waals surface area contributed by atoms with E-state index in [2.05, 4.69) is 20.2 Å². The van der Waals surface area contributed by atoms with Gasteiger partial charge in [-0.25, -0.2) is 13.5 Å². The summed E-state index contributed by atoms with van der Waals surface area (Å²) in [6.07, 6.45) is 0. The summed E-state index contributed by atoms with van der Waals surface area (Å²) in [5, 5.41) is 10.4. The minimum Gasteiger partial charge on any atom is -0.315 e. The van der Waals surface area contributed by atoms with Crippen LogP contribution in [-0.4, -0.2) is 25.7 Å². The van der Waals surface area contributed by atoms with E-state index in [-0.39, 0.29) is 10.7 Å². The van der Waals surface area contributed by atoms with Crippen molar-refractivity contribution in [1.82, 2.24) is 15.5 Å². The molecule has 0 radical (unpaired) electrons. The second kappa shape index (κ2) is 5.51. The van der Waals surface area contributed by atoms with Crippen molar-refractivity contribution in [3.8, 4) is 0 Å². The highest BCUT2D eigenvalue weighted by atomic mass is 32.2. The number of anilines is 1. The van der Waals surface area contributed by atoms with Crippen LogP contribution in [0.4, 0.5) is 5.82 Å². The maximum absolute atomic E-state index is 12.2. The normalized spacial score (nSPS) is 11.4. The standard InChI is InChI=1S/C10H12N4O3S2/c1-11-6-7-8(4-5-18-7)19(16,17)14-9-2-3-10(15)13-12-9/h2-5,11H,6H2,1H3,(H,12,14)(H,13,15). The van der Waals surface area contributed by atoms with E-state index in [1.54, 1.807) is 12.4 Å². The molecule has 0 bridgehead atoms. The van der Waals surface area contributed by atoms with Crippen molar-refractivity contribution < 1.29 is 8.42 Å². The number of aromatic amines is 1. The number of hydrogen-bond acceptors (Lipinski definition) is 6. The zero-order valence-electron chi connectivity index (χ0n) is 10.0. The van der Waals surface area contributed by atoms with Crippen LogP contribution < -0.4 is 15.6 Å². The first kappa shape index (κ1) is 13.7. The summed E-state index contributed by atoms with van der Waals surface area (Å²) >= 11 is 1.35. The number of hydrogen-bond donors (Lipinski definition) is 3. The van der Waals surface area contributed by atoms with E-state index in [0.29, 0.717) is 11.4 Å². The Balaban J connectivity index is 2.29. The molecule has 0 atom stereocenters. The average molecular weight is 300 g/mol. The third kappa shape index (κ3) is 3.19. The van der Waals surface area contributed by atoms with Crippen molar-refractivity contribution in [3.63, 3.8) is 0 Å². The molecule has 19 heavy (non-hydrogen) atoms. The quantitative estimate of drug-likeness (QED) is 0.739. The van der Waals surface area contributed by atoms with E-state index in [1.807, 2.05) is 0 Å². The van der Waals surface area contributed by atoms with E-state index < -0.39 is 15.6 Å². The topological polar surface area (TPSA) is 104 Å². The highest BCUT2D eigenvalue weighted by molar-refractivity contribution is 7.92. The monoisotopic (exact) mass is 300 g/mol. The fourth-order valence-corrected chi connectivity index (χ4v) is 3.91. The van der Waals surface area contributed by atoms with E-state index >= 15 is 0 Å². The Bertz CT molecular complexity index is 700. The van der Waals surface area contributed by atoms with Gasteiger partial charge in [0.25, 0.3) is 15.6 Å². The Kier molecular flexibility index (Phi) is 3.98. The number of H-pyrrole nitrogens is 1. The molecule has 9 heteroatoms. The summed E-state index contributed by atoms with van der Waals surface area (Å²) in [5.74, 6) is 0.0706. The van der Waals surface area contributed by atoms with Crippen LogP contribution in [0.5, 0.6) is 0 Å². The first-order valence-corrected chi connectivity index (χ1v) is 7.69. The summed E-state index contributed by atoms with van der Waals surface area (Å²) in [7, 11) is -1.96. The summed E-state index contributed by atoms with van der Waals surface area (Å²) in [6, 6.07) is 4.04. The Morgan fingerprint density at radius 1 is 1.37 bits per heavy atom. The van der Waals surface area contributed by atoms with Gasteiger partial charge in [-0.3, -0.25) is 9.52 Å². The highest BCUT2D eigenvalue weighted by Crippen LogP contribution is 2.23. The molecule has 0 aliphatic heterocycles. The predicted molar refractivity (Wildman–Crippen MR) is 72.7 cm³/mol. The molecule has 3 N–H and O–H groups in total. The second-order valence-corrected chi connectivity index (χ2v) is 6.30. The van der Waals surface area contributed by atoms with Crippen LogP contribution in [0.2, 0.25) is 0 Å². The molecule has 0 aromatic carbocycles. The Morgan fingerprint density at radius 2 is 2.16 bits per heavy atom. The zero-order valence-corrected chi connectivity index (χ0v) is 11.6. The molecule has 102 valence electrons. The molecule has 2 rings (SSSR count). The number of nitrogens with zero attached hydrogens (tertiary/aromatic N) is 1. The summed E-state index contributed by atoms with van der Waals surface area (Å²) in [6.45, 7) is 0.465. The van der Waals surface area contributed by atoms with Gasteiger partial charge >= 0.3 is 0 Å². The molecule has 0 spiro atoms. The Morgan fingerprint density at radius 3 is 2.79 bits per heavy atom. The lowest BCUT2D eigenvalue weighted by Crippen LogP contribution is -2.18. The molecule has 0 aliphatic rings. The first-order chi connectivity index (χ1) is 9.03. The van der Waals surface area contributed by atoms with Crippen LogP contribution in [0.3, 0.4) is 0 Å². The van der Waals surface area contributed by atoms with Crippen LogP contribution in [0.15, 0.2) is 33.3 Å². The Hall–Kier alpha value is -1.71. The van der Waals surface area contributed by atoms with Gasteiger partial charge in [-0.2, -0.15) is 5.10 Å². The molecule has 0 fully saturated rings. The van der Waals surface area contributed by atoms with Crippen molar-refractivity contribution in [2.45, 2.75) is 11.4 Å². The molecule has 0 saturated heterocycles. The van der Waals surface area contributed by atoms with E-state index in [0.717, 1.165) is 0 Å². The number of thiophene rings is 1. The fraction of sp³-hybridized carbons (Fsp3) is 0.200. The molecule has 0 amide bonds. The molecule has 2 heterocycles. The third-order valence-corrected chi connectivity index (χ3v) is 4.74. The number of aromatic nitrogens is 2. The lowest BCUT2D eigenvalue weighted by Gasteiger charge is -2.07. The van der Waals surface area contributed by atoms with Crippen LogP contribution in [-0.2, 0) is 16.6 Å². The zero-order chi connectivity index (χ0) is 13.9. The number of sulfonamides is 1. The highest BCUT2D eigenvalue weighted by Gasteiger charge is 2.20. The second-order valence-electron chi connectivity index (χ2n) is 3.65. The average Bonchev–Trinajstić information content (AvgIpc) is 2.81. The van der Waals surface area contributed by atoms with Crippen molar-refractivity contribution in [3.05, 3.63) is 38.8 Å². The maximum Gasteiger partial charge on any atom is 0.264 e. The lowest BCUT2D eigenvalue weighted by atomic mass is 10.5. The first-order valence-electron chi connectivity index (χ1n) is 5.32. The largest absolute Gasteiger partial charge is 0.315 e. The Labute approximate surface area is 113 Å². The van der Waals surface area contributed by atoms with Crippen LogP contribution in [0.1, 0.15) is 4.88 Å². The van der Waals surface area contributed by atoms with Crippen LogP contribution >= 0.6 is 11.3 Å². The third-order valence-electron chi connectivity index (χ3n) is 2.25. The van der Waals surface area contributed by atoms with Crippen molar-refractivity contribution >= 4 is 27.2 Å². The van der Waals surface area contributed by atoms with Gasteiger partial charge in [-0.15, -0.1) is 11.3 Å². The molecular formula is C10H12N4O3S2. The molecular weight excluding hydrogens is 288 g/mol. The van der Waals surface area contributed by atoms with Gasteiger partial charge < -0.3 is 5.32 Å². The summed E-state index contributed by atoms with van der Waals surface area (Å²) in [4.78, 5) is 11.8. The maximum atomic E-state index is 12.2. The molecule has 2 aromatic rings. The van der Waals surface area contributed by atoms with Gasteiger partial charge in [0.05, 0.1) is 0 Å². The predicted octanol–water partition coefficient (Wildman–Crippen LogP) is 0.352. The molecule has 0 unspecified atom stereocenters. The lowest BCUT2D eigenvalue weighted by molar-refractivity contribution is 0.599. The number of rotatable bonds is 5. The molecule has 0 saturated carbocycles. The fourth-order valence-electron chi connectivity index (χ4n) is 1.45. The number of nitrogens with one attached hydrogen (secondary N) is 3.